The minimum atomic E-state index is -0.951. The lowest BCUT2D eigenvalue weighted by atomic mass is 10.1. The van der Waals surface area contributed by atoms with Crippen molar-refractivity contribution < 1.29 is 19.4 Å². The van der Waals surface area contributed by atoms with Crippen molar-refractivity contribution in [1.82, 2.24) is 5.16 Å². The standard InChI is InChI=1S/C15H10N2O4/c18-15(19)12-6-3-10(4-7-12)1-2-11-5-8-14-13(9-11)16-21-17(14)20/h1-9H,(H,18,19)/b2-1+. The number of aromatic nitrogens is 2. The Hall–Kier alpha value is -3.15. The lowest BCUT2D eigenvalue weighted by molar-refractivity contribution is -0.782. The molecule has 1 heterocycles. The number of carbonyl (C=O) groups is 1. The first-order valence-electron chi connectivity index (χ1n) is 6.14. The summed E-state index contributed by atoms with van der Waals surface area (Å²) in [6, 6.07) is 11.7. The van der Waals surface area contributed by atoms with Crippen LogP contribution in [0, 0.1) is 5.21 Å². The molecule has 21 heavy (non-hydrogen) atoms. The summed E-state index contributed by atoms with van der Waals surface area (Å²) >= 11 is 0. The largest absolute Gasteiger partial charge is 0.478 e. The number of carboxylic acids is 1. The molecule has 1 N–H and O–H groups in total. The summed E-state index contributed by atoms with van der Waals surface area (Å²) in [5, 5.41) is 23.6. The molecule has 1 aromatic heterocycles. The SMILES string of the molecule is O=C(O)c1ccc(/C=C/c2ccc3c(c2)no[n+]3[O-])cc1. The van der Waals surface area contributed by atoms with Crippen LogP contribution in [0.25, 0.3) is 23.2 Å². The highest BCUT2D eigenvalue weighted by Crippen LogP contribution is 2.14. The third kappa shape index (κ3) is 2.59. The van der Waals surface area contributed by atoms with Crippen LogP contribution in [0.4, 0.5) is 0 Å². The van der Waals surface area contributed by atoms with Crippen LogP contribution in [-0.4, -0.2) is 16.2 Å². The lowest BCUT2D eigenvalue weighted by Crippen LogP contribution is -2.22. The molecular weight excluding hydrogens is 272 g/mol. The molecule has 0 fully saturated rings. The van der Waals surface area contributed by atoms with Crippen molar-refractivity contribution in [3.8, 4) is 0 Å². The molecule has 2 aromatic carbocycles. The van der Waals surface area contributed by atoms with Crippen molar-refractivity contribution in [3.05, 3.63) is 64.4 Å². The molecule has 0 aliphatic heterocycles. The Balaban J connectivity index is 1.85. The second kappa shape index (κ2) is 5.09. The van der Waals surface area contributed by atoms with E-state index in [1.165, 1.54) is 0 Å². The van der Waals surface area contributed by atoms with Crippen LogP contribution >= 0.6 is 0 Å². The fraction of sp³-hybridized carbons (Fsp3) is 0. The molecule has 3 aromatic rings. The number of carboxylic acid groups (broad SMARTS) is 1. The Morgan fingerprint density at radius 1 is 1.14 bits per heavy atom. The number of rotatable bonds is 3. The molecule has 3 rings (SSSR count). The third-order valence-corrected chi connectivity index (χ3v) is 3.04. The summed E-state index contributed by atoms with van der Waals surface area (Å²) in [5.41, 5.74) is 2.83. The highest BCUT2D eigenvalue weighted by atomic mass is 16.8. The predicted molar refractivity (Wildman–Crippen MR) is 75.3 cm³/mol. The number of hydrogen-bond donors (Lipinski definition) is 1. The Labute approximate surface area is 119 Å². The Kier molecular flexibility index (Phi) is 3.12. The van der Waals surface area contributed by atoms with E-state index in [9.17, 15) is 10.0 Å². The maximum atomic E-state index is 11.2. The van der Waals surface area contributed by atoms with Gasteiger partial charge in [-0.05, 0) is 34.2 Å². The zero-order valence-electron chi connectivity index (χ0n) is 10.8. The van der Waals surface area contributed by atoms with E-state index in [-0.39, 0.29) is 5.56 Å². The van der Waals surface area contributed by atoms with Gasteiger partial charge >= 0.3 is 5.97 Å². The van der Waals surface area contributed by atoms with Gasteiger partial charge in [0, 0.05) is 11.2 Å². The lowest BCUT2D eigenvalue weighted by Gasteiger charge is -1.96. The average molecular weight is 282 g/mol. The topological polar surface area (TPSA) is 90.3 Å². The quantitative estimate of drug-likeness (QED) is 0.588. The van der Waals surface area contributed by atoms with Crippen LogP contribution < -0.4 is 4.90 Å². The molecule has 6 nitrogen and oxygen atoms in total. The fourth-order valence-corrected chi connectivity index (χ4v) is 1.93. The summed E-state index contributed by atoms with van der Waals surface area (Å²) in [4.78, 5) is 11.1. The van der Waals surface area contributed by atoms with Crippen LogP contribution in [0.5, 0.6) is 0 Å². The number of nitrogens with zero attached hydrogens (tertiary/aromatic N) is 2. The van der Waals surface area contributed by atoms with E-state index < -0.39 is 5.97 Å². The van der Waals surface area contributed by atoms with E-state index in [0.29, 0.717) is 15.9 Å². The first-order chi connectivity index (χ1) is 10.1. The maximum Gasteiger partial charge on any atom is 0.335 e. The van der Waals surface area contributed by atoms with Crippen molar-refractivity contribution in [3.63, 3.8) is 0 Å². The van der Waals surface area contributed by atoms with Crippen molar-refractivity contribution in [1.29, 1.82) is 0 Å². The summed E-state index contributed by atoms with van der Waals surface area (Å²) in [7, 11) is 0. The summed E-state index contributed by atoms with van der Waals surface area (Å²) in [6.07, 6.45) is 3.69. The number of benzene rings is 2. The van der Waals surface area contributed by atoms with Crippen LogP contribution in [-0.2, 0) is 0 Å². The zero-order valence-corrected chi connectivity index (χ0v) is 10.8. The Morgan fingerprint density at radius 2 is 1.81 bits per heavy atom. The van der Waals surface area contributed by atoms with E-state index in [4.69, 9.17) is 5.11 Å². The van der Waals surface area contributed by atoms with Gasteiger partial charge in [0.05, 0.1) is 5.56 Å². The zero-order chi connectivity index (χ0) is 14.8. The molecule has 0 unspecified atom stereocenters. The van der Waals surface area contributed by atoms with Crippen molar-refractivity contribution in [2.45, 2.75) is 0 Å². The molecule has 0 aliphatic carbocycles. The normalized spacial score (nSPS) is 11.2. The fourth-order valence-electron chi connectivity index (χ4n) is 1.93. The summed E-state index contributed by atoms with van der Waals surface area (Å²) in [6.45, 7) is 0. The van der Waals surface area contributed by atoms with Crippen LogP contribution in [0.15, 0.2) is 47.1 Å². The van der Waals surface area contributed by atoms with Gasteiger partial charge in [-0.15, -0.1) is 0 Å². The number of fused-ring (bicyclic) bond motifs is 1. The molecular formula is C15H10N2O4. The molecule has 0 radical (unpaired) electrons. The van der Waals surface area contributed by atoms with Gasteiger partial charge in [0.2, 0.25) is 11.0 Å². The van der Waals surface area contributed by atoms with Gasteiger partial charge in [-0.25, -0.2) is 4.79 Å². The smallest absolute Gasteiger partial charge is 0.335 e. The molecule has 104 valence electrons. The molecule has 6 heteroatoms. The van der Waals surface area contributed by atoms with Gasteiger partial charge in [-0.2, -0.15) is 0 Å². The first-order valence-corrected chi connectivity index (χ1v) is 6.14. The number of hydrogen-bond acceptors (Lipinski definition) is 4. The van der Waals surface area contributed by atoms with Crippen molar-refractivity contribution in [2.24, 2.45) is 0 Å². The van der Waals surface area contributed by atoms with E-state index in [0.717, 1.165) is 11.1 Å². The van der Waals surface area contributed by atoms with Gasteiger partial charge in [-0.1, -0.05) is 30.4 Å². The first kappa shape index (κ1) is 12.9. The van der Waals surface area contributed by atoms with E-state index >= 15 is 0 Å². The van der Waals surface area contributed by atoms with E-state index in [1.807, 2.05) is 12.2 Å². The van der Waals surface area contributed by atoms with Crippen LogP contribution in [0.1, 0.15) is 21.5 Å². The van der Waals surface area contributed by atoms with Gasteiger partial charge in [-0.3, -0.25) is 4.63 Å². The third-order valence-electron chi connectivity index (χ3n) is 3.04. The maximum absolute atomic E-state index is 11.2. The van der Waals surface area contributed by atoms with Crippen LogP contribution in [0.3, 0.4) is 0 Å². The molecule has 0 saturated heterocycles. The highest BCUT2D eigenvalue weighted by molar-refractivity contribution is 5.88. The predicted octanol–water partition coefficient (Wildman–Crippen LogP) is 2.33. The molecule has 0 aliphatic rings. The molecule has 0 spiro atoms. The second-order valence-corrected chi connectivity index (χ2v) is 4.44. The summed E-state index contributed by atoms with van der Waals surface area (Å²) in [5.74, 6) is -0.951. The monoisotopic (exact) mass is 282 g/mol. The van der Waals surface area contributed by atoms with Gasteiger partial charge in [0.25, 0.3) is 0 Å². The second-order valence-electron chi connectivity index (χ2n) is 4.44. The van der Waals surface area contributed by atoms with Crippen molar-refractivity contribution >= 4 is 29.2 Å². The van der Waals surface area contributed by atoms with Gasteiger partial charge in [0.1, 0.15) is 0 Å². The molecule has 0 bridgehead atoms. The van der Waals surface area contributed by atoms with E-state index in [1.54, 1.807) is 42.5 Å². The summed E-state index contributed by atoms with van der Waals surface area (Å²) < 4.78 is 4.50. The van der Waals surface area contributed by atoms with Crippen LogP contribution in [0.2, 0.25) is 0 Å². The van der Waals surface area contributed by atoms with Crippen molar-refractivity contribution in [2.75, 3.05) is 0 Å². The molecule has 0 atom stereocenters. The van der Waals surface area contributed by atoms with Gasteiger partial charge < -0.3 is 10.3 Å². The number of aromatic carboxylic acids is 1. The van der Waals surface area contributed by atoms with E-state index in [2.05, 4.69) is 9.79 Å². The molecule has 0 amide bonds. The minimum absolute atomic E-state index is 0.246. The Morgan fingerprint density at radius 3 is 2.52 bits per heavy atom. The van der Waals surface area contributed by atoms with Gasteiger partial charge in [0.15, 0.2) is 0 Å². The molecule has 0 saturated carbocycles. The average Bonchev–Trinajstić information content (AvgIpc) is 2.86. The highest BCUT2D eigenvalue weighted by Gasteiger charge is 2.08. The Bertz CT molecular complexity index is 835. The minimum Gasteiger partial charge on any atom is -0.478 e.